The Morgan fingerprint density at radius 3 is 2.50 bits per heavy atom. The number of fused-ring (bicyclic) bond motifs is 1. The third-order valence-electron chi connectivity index (χ3n) is 5.81. The van der Waals surface area contributed by atoms with E-state index in [-0.39, 0.29) is 11.7 Å². The maximum absolute atomic E-state index is 13.4. The van der Waals surface area contributed by atoms with Gasteiger partial charge >= 0.3 is 12.1 Å². The summed E-state index contributed by atoms with van der Waals surface area (Å²) in [5, 5.41) is 4.44. The highest BCUT2D eigenvalue weighted by Crippen LogP contribution is 2.34. The predicted octanol–water partition coefficient (Wildman–Crippen LogP) is 5.56. The minimum atomic E-state index is -4.95. The number of carbonyl (C=O) groups is 1. The van der Waals surface area contributed by atoms with Gasteiger partial charge in [-0.15, -0.1) is 0 Å². The lowest BCUT2D eigenvalue weighted by Gasteiger charge is -2.37. The number of ether oxygens (including phenoxy) is 1. The Bertz CT molecular complexity index is 1100. The zero-order valence-electron chi connectivity index (χ0n) is 17.6. The fraction of sp³-hybridized carbons (Fsp3) is 0.333. The molecule has 0 bridgehead atoms. The number of aromatic nitrogens is 1. The Kier molecular flexibility index (Phi) is 6.21. The van der Waals surface area contributed by atoms with Crippen molar-refractivity contribution in [2.75, 3.05) is 17.3 Å². The van der Waals surface area contributed by atoms with Gasteiger partial charge in [0.05, 0.1) is 12.6 Å². The molecule has 0 saturated heterocycles. The molecule has 1 aromatic heterocycles. The lowest BCUT2D eigenvalue weighted by atomic mass is 9.89. The first-order valence-electron chi connectivity index (χ1n) is 10.5. The number of anilines is 2. The minimum Gasteiger partial charge on any atom is -0.497 e. The number of alkyl halides is 3. The molecule has 4 rings (SSSR count). The van der Waals surface area contributed by atoms with Crippen LogP contribution in [0.5, 0.6) is 5.75 Å². The van der Waals surface area contributed by atoms with E-state index in [1.54, 1.807) is 12.1 Å². The van der Waals surface area contributed by atoms with E-state index in [1.807, 2.05) is 36.4 Å². The fourth-order valence-electron chi connectivity index (χ4n) is 4.22. The lowest BCUT2D eigenvalue weighted by Crippen LogP contribution is -2.49. The number of methoxy groups -OCH3 is 1. The van der Waals surface area contributed by atoms with Crippen molar-refractivity contribution < 1.29 is 22.7 Å². The van der Waals surface area contributed by atoms with E-state index in [4.69, 9.17) is 4.74 Å². The monoisotopic (exact) mass is 443 g/mol. The molecule has 1 heterocycles. The Hall–Kier alpha value is -3.29. The van der Waals surface area contributed by atoms with Crippen LogP contribution in [0, 0.1) is 0 Å². The smallest absolute Gasteiger partial charge is 0.471 e. The second-order valence-electron chi connectivity index (χ2n) is 7.91. The van der Waals surface area contributed by atoms with Gasteiger partial charge in [-0.25, -0.2) is 4.98 Å². The predicted molar refractivity (Wildman–Crippen MR) is 118 cm³/mol. The van der Waals surface area contributed by atoms with Crippen molar-refractivity contribution in [1.29, 1.82) is 0 Å². The van der Waals surface area contributed by atoms with Crippen molar-refractivity contribution in [3.8, 4) is 5.75 Å². The summed E-state index contributed by atoms with van der Waals surface area (Å²) < 4.78 is 45.2. The van der Waals surface area contributed by atoms with E-state index in [1.165, 1.54) is 19.2 Å². The number of nitrogens with one attached hydrogen (secondary N) is 1. The van der Waals surface area contributed by atoms with Crippen molar-refractivity contribution in [2.45, 2.75) is 43.9 Å². The quantitative estimate of drug-likeness (QED) is 0.561. The molecule has 1 saturated carbocycles. The van der Waals surface area contributed by atoms with Crippen LogP contribution in [0.15, 0.2) is 60.7 Å². The maximum Gasteiger partial charge on any atom is 0.471 e. The van der Waals surface area contributed by atoms with Crippen LogP contribution in [-0.4, -0.2) is 36.3 Å². The molecule has 1 aliphatic carbocycles. The molecule has 2 aromatic carbocycles. The molecule has 0 aliphatic heterocycles. The average molecular weight is 443 g/mol. The van der Waals surface area contributed by atoms with E-state index in [0.29, 0.717) is 31.4 Å². The van der Waals surface area contributed by atoms with Crippen molar-refractivity contribution in [3.05, 3.63) is 60.7 Å². The summed E-state index contributed by atoms with van der Waals surface area (Å²) in [6.45, 7) is 0. The summed E-state index contributed by atoms with van der Waals surface area (Å²) in [5.41, 5.74) is 1.07. The Labute approximate surface area is 184 Å². The summed E-state index contributed by atoms with van der Waals surface area (Å²) in [7, 11) is 1.44. The number of amides is 1. The van der Waals surface area contributed by atoms with Crippen LogP contribution < -0.4 is 15.0 Å². The molecule has 0 atom stereocenters. The molecule has 0 radical (unpaired) electrons. The number of pyridine rings is 1. The van der Waals surface area contributed by atoms with Gasteiger partial charge in [-0.1, -0.05) is 24.3 Å². The number of benzene rings is 2. The van der Waals surface area contributed by atoms with Crippen molar-refractivity contribution in [2.24, 2.45) is 0 Å². The molecular weight excluding hydrogens is 419 g/mol. The van der Waals surface area contributed by atoms with Crippen LogP contribution in [-0.2, 0) is 4.79 Å². The van der Waals surface area contributed by atoms with Crippen molar-refractivity contribution in [3.63, 3.8) is 0 Å². The Morgan fingerprint density at radius 2 is 1.78 bits per heavy atom. The highest BCUT2D eigenvalue weighted by molar-refractivity contribution is 5.98. The van der Waals surface area contributed by atoms with Gasteiger partial charge in [0.15, 0.2) is 0 Å². The Morgan fingerprint density at radius 1 is 1.03 bits per heavy atom. The third kappa shape index (κ3) is 4.79. The van der Waals surface area contributed by atoms with Crippen LogP contribution in [0.25, 0.3) is 10.9 Å². The van der Waals surface area contributed by atoms with Crippen molar-refractivity contribution in [1.82, 2.24) is 4.98 Å². The van der Waals surface area contributed by atoms with Gasteiger partial charge in [0.1, 0.15) is 11.6 Å². The second-order valence-corrected chi connectivity index (χ2v) is 7.91. The van der Waals surface area contributed by atoms with Gasteiger partial charge < -0.3 is 15.0 Å². The normalized spacial score (nSPS) is 18.9. The number of para-hydroxylation sites is 1. The molecule has 5 nitrogen and oxygen atoms in total. The zero-order chi connectivity index (χ0) is 22.7. The molecule has 3 aromatic rings. The van der Waals surface area contributed by atoms with E-state index in [0.717, 1.165) is 21.6 Å². The summed E-state index contributed by atoms with van der Waals surface area (Å²) in [6, 6.07) is 17.4. The first kappa shape index (κ1) is 21.9. The largest absolute Gasteiger partial charge is 0.497 e. The van der Waals surface area contributed by atoms with Crippen LogP contribution >= 0.6 is 0 Å². The molecule has 168 valence electrons. The van der Waals surface area contributed by atoms with E-state index < -0.39 is 18.1 Å². The van der Waals surface area contributed by atoms with Gasteiger partial charge in [-0.2, -0.15) is 13.2 Å². The van der Waals surface area contributed by atoms with E-state index in [9.17, 15) is 18.0 Å². The van der Waals surface area contributed by atoms with Crippen molar-refractivity contribution >= 4 is 28.3 Å². The SMILES string of the molecule is COc1cccc(N(C(=O)C(F)(F)F)C2CCC(Nc3ccc4ccccc4n3)CC2)c1. The van der Waals surface area contributed by atoms with Crippen LogP contribution in [0.3, 0.4) is 0 Å². The molecular formula is C24H24F3N3O2. The fourth-order valence-corrected chi connectivity index (χ4v) is 4.22. The highest BCUT2D eigenvalue weighted by atomic mass is 19.4. The van der Waals surface area contributed by atoms with Gasteiger partial charge in [-0.05, 0) is 56.0 Å². The molecule has 1 fully saturated rings. The van der Waals surface area contributed by atoms with Gasteiger partial charge in [0.25, 0.3) is 0 Å². The number of hydrogen-bond acceptors (Lipinski definition) is 4. The molecule has 1 N–H and O–H groups in total. The lowest BCUT2D eigenvalue weighted by molar-refractivity contribution is -0.171. The summed E-state index contributed by atoms with van der Waals surface area (Å²) >= 11 is 0. The number of hydrogen-bond donors (Lipinski definition) is 1. The standard InChI is InChI=1S/C24H24F3N3O2/c1-32-20-7-4-6-19(15-20)30(23(31)24(25,26)27)18-12-10-17(11-13-18)28-22-14-9-16-5-2-3-8-21(16)29-22/h2-9,14-15,17-18H,10-13H2,1H3,(H,28,29). The van der Waals surface area contributed by atoms with Gasteiger partial charge in [0, 0.05) is 29.2 Å². The van der Waals surface area contributed by atoms with Gasteiger partial charge in [-0.3, -0.25) is 4.79 Å². The molecule has 32 heavy (non-hydrogen) atoms. The zero-order valence-corrected chi connectivity index (χ0v) is 17.6. The number of nitrogens with zero attached hydrogens (tertiary/aromatic N) is 2. The summed E-state index contributed by atoms with van der Waals surface area (Å²) in [5.74, 6) is -0.707. The first-order valence-corrected chi connectivity index (χ1v) is 10.5. The first-order chi connectivity index (χ1) is 15.3. The summed E-state index contributed by atoms with van der Waals surface area (Å²) in [4.78, 5) is 17.8. The number of halogens is 3. The minimum absolute atomic E-state index is 0.0769. The second kappa shape index (κ2) is 9.06. The van der Waals surface area contributed by atoms with Crippen LogP contribution in [0.4, 0.5) is 24.7 Å². The molecule has 0 unspecified atom stereocenters. The van der Waals surface area contributed by atoms with Crippen LogP contribution in [0.1, 0.15) is 25.7 Å². The third-order valence-corrected chi connectivity index (χ3v) is 5.81. The molecule has 1 aliphatic rings. The van der Waals surface area contributed by atoms with E-state index in [2.05, 4.69) is 10.3 Å². The maximum atomic E-state index is 13.4. The summed E-state index contributed by atoms with van der Waals surface area (Å²) in [6.07, 6.45) is -2.79. The number of rotatable bonds is 5. The highest BCUT2D eigenvalue weighted by Gasteiger charge is 2.46. The molecule has 8 heteroatoms. The topological polar surface area (TPSA) is 54.5 Å². The number of carbonyl (C=O) groups excluding carboxylic acids is 1. The Balaban J connectivity index is 1.48. The average Bonchev–Trinajstić information content (AvgIpc) is 2.80. The van der Waals surface area contributed by atoms with E-state index >= 15 is 0 Å². The molecule has 0 spiro atoms. The van der Waals surface area contributed by atoms with Crippen LogP contribution in [0.2, 0.25) is 0 Å². The molecule has 1 amide bonds. The van der Waals surface area contributed by atoms with Gasteiger partial charge in [0.2, 0.25) is 0 Å².